The standard InChI is InChI=1S/C53H35N7/c1-3-13-36(14-4-1)37-24-26-41(27-25-37)52-58-51(40-15-5-2-6-16-40)59-53(60-52)45-32-42(31-44(33-45)46-17-7-10-28-54-46)38-20-22-39(23-21-38)43-34-49(47-18-8-11-29-55-47)57-50(35-43)48-19-9-12-30-56-48/h1-35H. The molecule has 0 amide bonds. The van der Waals surface area contributed by atoms with Gasteiger partial charge in [0.05, 0.1) is 28.5 Å². The molecule has 0 bridgehead atoms. The van der Waals surface area contributed by atoms with Gasteiger partial charge in [-0.05, 0) is 100 Å². The Balaban J connectivity index is 1.07. The summed E-state index contributed by atoms with van der Waals surface area (Å²) in [6.45, 7) is 0. The van der Waals surface area contributed by atoms with E-state index in [0.29, 0.717) is 17.5 Å². The van der Waals surface area contributed by atoms with Gasteiger partial charge in [0.2, 0.25) is 0 Å². The Morgan fingerprint density at radius 1 is 0.200 bits per heavy atom. The highest BCUT2D eigenvalue weighted by Crippen LogP contribution is 2.35. The van der Waals surface area contributed by atoms with Crippen molar-refractivity contribution in [1.82, 2.24) is 34.9 Å². The molecular formula is C53H35N7. The Kier molecular flexibility index (Phi) is 9.79. The minimum Gasteiger partial charge on any atom is -0.256 e. The molecule has 0 saturated heterocycles. The zero-order valence-corrected chi connectivity index (χ0v) is 32.3. The molecule has 0 atom stereocenters. The smallest absolute Gasteiger partial charge is 0.164 e. The molecule has 0 aliphatic rings. The fourth-order valence-electron chi connectivity index (χ4n) is 7.24. The highest BCUT2D eigenvalue weighted by atomic mass is 15.0. The Hall–Kier alpha value is -8.29. The number of hydrogen-bond donors (Lipinski definition) is 0. The van der Waals surface area contributed by atoms with E-state index in [4.69, 9.17) is 24.9 Å². The third-order valence-electron chi connectivity index (χ3n) is 10.3. The van der Waals surface area contributed by atoms with Crippen molar-refractivity contribution in [2.75, 3.05) is 0 Å². The number of nitrogens with zero attached hydrogens (tertiary/aromatic N) is 7. The van der Waals surface area contributed by atoms with Gasteiger partial charge in [-0.15, -0.1) is 0 Å². The van der Waals surface area contributed by atoms with Crippen molar-refractivity contribution in [2.45, 2.75) is 0 Å². The van der Waals surface area contributed by atoms with Crippen LogP contribution in [-0.2, 0) is 0 Å². The molecule has 5 aromatic carbocycles. The molecule has 5 aromatic heterocycles. The van der Waals surface area contributed by atoms with E-state index in [9.17, 15) is 0 Å². The zero-order valence-electron chi connectivity index (χ0n) is 32.3. The summed E-state index contributed by atoms with van der Waals surface area (Å²) in [6.07, 6.45) is 5.39. The van der Waals surface area contributed by atoms with Crippen LogP contribution in [0.3, 0.4) is 0 Å². The van der Waals surface area contributed by atoms with E-state index in [2.05, 4.69) is 113 Å². The van der Waals surface area contributed by atoms with Gasteiger partial charge in [0.15, 0.2) is 17.5 Å². The maximum Gasteiger partial charge on any atom is 0.164 e. The first-order valence-electron chi connectivity index (χ1n) is 19.7. The van der Waals surface area contributed by atoms with Gasteiger partial charge in [-0.25, -0.2) is 19.9 Å². The van der Waals surface area contributed by atoms with Gasteiger partial charge in [-0.1, -0.05) is 127 Å². The number of pyridine rings is 4. The minimum absolute atomic E-state index is 0.572. The lowest BCUT2D eigenvalue weighted by atomic mass is 9.95. The second kappa shape index (κ2) is 16.3. The summed E-state index contributed by atoms with van der Waals surface area (Å²) in [4.78, 5) is 34.1. The highest BCUT2D eigenvalue weighted by Gasteiger charge is 2.16. The van der Waals surface area contributed by atoms with Crippen LogP contribution >= 0.6 is 0 Å². The molecule has 0 saturated carbocycles. The summed E-state index contributed by atoms with van der Waals surface area (Å²) in [5, 5.41) is 0. The molecule has 7 nitrogen and oxygen atoms in total. The van der Waals surface area contributed by atoms with Crippen LogP contribution in [0, 0.1) is 0 Å². The third kappa shape index (κ3) is 7.71. The first-order chi connectivity index (χ1) is 29.7. The summed E-state index contributed by atoms with van der Waals surface area (Å²) < 4.78 is 0. The quantitative estimate of drug-likeness (QED) is 0.144. The van der Waals surface area contributed by atoms with Crippen molar-refractivity contribution >= 4 is 0 Å². The van der Waals surface area contributed by atoms with Gasteiger partial charge >= 0.3 is 0 Å². The average Bonchev–Trinajstić information content (AvgIpc) is 3.35. The molecular weight excluding hydrogens is 735 g/mol. The Morgan fingerprint density at radius 2 is 0.550 bits per heavy atom. The van der Waals surface area contributed by atoms with Crippen LogP contribution in [0.2, 0.25) is 0 Å². The maximum atomic E-state index is 5.13. The lowest BCUT2D eigenvalue weighted by Crippen LogP contribution is -2.00. The Bertz CT molecular complexity index is 2980. The molecule has 0 aliphatic heterocycles. The normalized spacial score (nSPS) is 11.0. The molecule has 0 spiro atoms. The summed E-state index contributed by atoms with van der Waals surface area (Å²) in [7, 11) is 0. The second-order valence-corrected chi connectivity index (χ2v) is 14.3. The topological polar surface area (TPSA) is 90.2 Å². The summed E-state index contributed by atoms with van der Waals surface area (Å²) in [5.74, 6) is 1.77. The number of hydrogen-bond acceptors (Lipinski definition) is 7. The van der Waals surface area contributed by atoms with Crippen molar-refractivity contribution in [1.29, 1.82) is 0 Å². The SMILES string of the molecule is c1ccc(-c2ccc(-c3nc(-c4ccccc4)nc(-c4cc(-c5ccc(-c6cc(-c7ccccn7)nc(-c7ccccn7)c6)cc5)cc(-c5ccccn5)c4)n3)cc2)cc1. The number of benzene rings is 5. The third-order valence-corrected chi connectivity index (χ3v) is 10.3. The summed E-state index contributed by atoms with van der Waals surface area (Å²) in [5.41, 5.74) is 14.0. The lowest BCUT2D eigenvalue weighted by Gasteiger charge is -2.13. The molecule has 10 aromatic rings. The monoisotopic (exact) mass is 769 g/mol. The van der Waals surface area contributed by atoms with Crippen molar-refractivity contribution in [3.05, 3.63) is 213 Å². The first-order valence-corrected chi connectivity index (χ1v) is 19.7. The minimum atomic E-state index is 0.572. The lowest BCUT2D eigenvalue weighted by molar-refractivity contribution is 1.07. The first kappa shape index (κ1) is 36.1. The van der Waals surface area contributed by atoms with Crippen LogP contribution in [0.15, 0.2) is 213 Å². The fourth-order valence-corrected chi connectivity index (χ4v) is 7.24. The molecule has 282 valence electrons. The molecule has 60 heavy (non-hydrogen) atoms. The molecule has 5 heterocycles. The summed E-state index contributed by atoms with van der Waals surface area (Å²) >= 11 is 0. The van der Waals surface area contributed by atoms with Crippen LogP contribution < -0.4 is 0 Å². The Labute approximate surface area is 347 Å². The van der Waals surface area contributed by atoms with E-state index in [1.54, 1.807) is 12.4 Å². The predicted molar refractivity (Wildman–Crippen MR) is 240 cm³/mol. The van der Waals surface area contributed by atoms with Crippen LogP contribution in [-0.4, -0.2) is 34.9 Å². The van der Waals surface area contributed by atoms with Crippen molar-refractivity contribution < 1.29 is 0 Å². The largest absolute Gasteiger partial charge is 0.256 e. The highest BCUT2D eigenvalue weighted by molar-refractivity contribution is 5.82. The van der Waals surface area contributed by atoms with Gasteiger partial charge < -0.3 is 0 Å². The van der Waals surface area contributed by atoms with Gasteiger partial charge in [-0.3, -0.25) is 15.0 Å². The molecule has 0 unspecified atom stereocenters. The van der Waals surface area contributed by atoms with Crippen LogP contribution in [0.4, 0.5) is 0 Å². The molecule has 7 heteroatoms. The predicted octanol–water partition coefficient (Wildman–Crippen LogP) is 12.5. The molecule has 10 rings (SSSR count). The van der Waals surface area contributed by atoms with Crippen LogP contribution in [0.5, 0.6) is 0 Å². The Morgan fingerprint density at radius 3 is 1.05 bits per heavy atom. The second-order valence-electron chi connectivity index (χ2n) is 14.3. The molecule has 0 radical (unpaired) electrons. The average molecular weight is 770 g/mol. The van der Waals surface area contributed by atoms with Gasteiger partial charge in [0, 0.05) is 40.8 Å². The molecule has 0 aliphatic carbocycles. The number of aromatic nitrogens is 7. The van der Waals surface area contributed by atoms with Crippen LogP contribution in [0.25, 0.3) is 102 Å². The van der Waals surface area contributed by atoms with Crippen molar-refractivity contribution in [3.63, 3.8) is 0 Å². The molecule has 0 N–H and O–H groups in total. The van der Waals surface area contributed by atoms with E-state index >= 15 is 0 Å². The molecule has 0 fully saturated rings. The van der Waals surface area contributed by atoms with Gasteiger partial charge in [-0.2, -0.15) is 0 Å². The maximum absolute atomic E-state index is 5.13. The van der Waals surface area contributed by atoms with Crippen molar-refractivity contribution in [2.24, 2.45) is 0 Å². The van der Waals surface area contributed by atoms with E-state index in [1.165, 1.54) is 0 Å². The van der Waals surface area contributed by atoms with Crippen molar-refractivity contribution in [3.8, 4) is 102 Å². The van der Waals surface area contributed by atoms with E-state index in [0.717, 1.165) is 84.1 Å². The van der Waals surface area contributed by atoms with E-state index in [-0.39, 0.29) is 0 Å². The van der Waals surface area contributed by atoms with Gasteiger partial charge in [0.1, 0.15) is 0 Å². The van der Waals surface area contributed by atoms with E-state index < -0.39 is 0 Å². The van der Waals surface area contributed by atoms with Crippen LogP contribution in [0.1, 0.15) is 0 Å². The van der Waals surface area contributed by atoms with E-state index in [1.807, 2.05) is 97.2 Å². The zero-order chi connectivity index (χ0) is 40.1. The summed E-state index contributed by atoms with van der Waals surface area (Å²) in [6, 6.07) is 65.7. The number of rotatable bonds is 9. The fraction of sp³-hybridized carbons (Fsp3) is 0. The van der Waals surface area contributed by atoms with Gasteiger partial charge in [0.25, 0.3) is 0 Å².